The third kappa shape index (κ3) is 4.27. The van der Waals surface area contributed by atoms with E-state index >= 15 is 0 Å². The first-order valence-electron chi connectivity index (χ1n) is 10.8. The first-order valence-corrected chi connectivity index (χ1v) is 12.2. The average molecular weight is 466 g/mol. The highest BCUT2D eigenvalue weighted by Crippen LogP contribution is 2.24. The molecule has 0 atom stereocenters. The van der Waals surface area contributed by atoms with Crippen LogP contribution in [0.3, 0.4) is 0 Å². The van der Waals surface area contributed by atoms with E-state index in [1.807, 2.05) is 42.5 Å². The minimum Gasteiger partial charge on any atom is -0.385 e. The molecule has 5 rings (SSSR count). The fraction of sp³-hybridized carbons (Fsp3) is 0.261. The lowest BCUT2D eigenvalue weighted by atomic mass is 10.1. The smallest absolute Gasteiger partial charge is 0.265 e. The van der Waals surface area contributed by atoms with Gasteiger partial charge in [0.1, 0.15) is 11.0 Å². The van der Waals surface area contributed by atoms with Crippen molar-refractivity contribution in [2.24, 2.45) is 0 Å². The van der Waals surface area contributed by atoms with E-state index in [9.17, 15) is 13.2 Å². The fourth-order valence-corrected chi connectivity index (χ4v) is 5.57. The van der Waals surface area contributed by atoms with Crippen molar-refractivity contribution < 1.29 is 18.0 Å². The highest BCUT2D eigenvalue weighted by molar-refractivity contribution is 7.89. The number of fused-ring (bicyclic) bond motifs is 2. The summed E-state index contributed by atoms with van der Waals surface area (Å²) in [5, 5.41) is 12.7. The molecule has 1 saturated heterocycles. The summed E-state index contributed by atoms with van der Waals surface area (Å²) >= 11 is 0. The van der Waals surface area contributed by atoms with Crippen LogP contribution >= 0.6 is 0 Å². The number of benzene rings is 3. The number of carbonyl (C=O) groups excluding carboxylic acids is 1. The summed E-state index contributed by atoms with van der Waals surface area (Å²) in [6, 6.07) is 18.0. The molecule has 33 heavy (non-hydrogen) atoms. The van der Waals surface area contributed by atoms with Crippen molar-refractivity contribution in [2.45, 2.75) is 24.2 Å². The van der Waals surface area contributed by atoms with Crippen molar-refractivity contribution in [2.75, 3.05) is 25.0 Å². The molecule has 0 saturated carbocycles. The Labute approximate surface area is 190 Å². The molecule has 0 spiro atoms. The quantitative estimate of drug-likeness (QED) is 0.469. The maximum Gasteiger partial charge on any atom is 0.265 e. The number of hydrogen-bond donors (Lipinski definition) is 1. The number of nitrogens with one attached hydrogen (secondary N) is 1. The maximum absolute atomic E-state index is 13.0. The third-order valence-electron chi connectivity index (χ3n) is 5.72. The Balaban J connectivity index is 1.33. The number of piperidine rings is 1. The largest absolute Gasteiger partial charge is 0.385 e. The first kappa shape index (κ1) is 21.4. The van der Waals surface area contributed by atoms with E-state index in [-0.39, 0.29) is 17.4 Å². The predicted octanol–water partition coefficient (Wildman–Crippen LogP) is 2.83. The molecule has 2 heterocycles. The van der Waals surface area contributed by atoms with Crippen LogP contribution in [0, 0.1) is 0 Å². The molecule has 1 aliphatic rings. The number of anilines is 1. The standard InChI is InChI=1S/C23H23N5O4S/c29-23(24-20-10-6-8-17-7-2-3-9-19(17)20)16-32-28-22-15-18(11-12-21(22)25-26-28)33(30,31)27-13-4-1-5-14-27/h2-3,6-12,15H,1,4-5,13-14,16H2,(H,24,29). The van der Waals surface area contributed by atoms with Crippen LogP contribution in [0.15, 0.2) is 65.6 Å². The molecule has 0 bridgehead atoms. The highest BCUT2D eigenvalue weighted by atomic mass is 32.2. The van der Waals surface area contributed by atoms with Gasteiger partial charge in [0.2, 0.25) is 10.0 Å². The van der Waals surface area contributed by atoms with Crippen LogP contribution in [0.1, 0.15) is 19.3 Å². The van der Waals surface area contributed by atoms with Crippen molar-refractivity contribution in [3.05, 3.63) is 60.7 Å². The number of amides is 1. The van der Waals surface area contributed by atoms with Gasteiger partial charge >= 0.3 is 0 Å². The van der Waals surface area contributed by atoms with Crippen molar-refractivity contribution in [1.29, 1.82) is 0 Å². The summed E-state index contributed by atoms with van der Waals surface area (Å²) in [6.07, 6.45) is 2.75. The number of sulfonamides is 1. The van der Waals surface area contributed by atoms with Crippen molar-refractivity contribution >= 4 is 43.4 Å². The zero-order valence-corrected chi connectivity index (χ0v) is 18.7. The maximum atomic E-state index is 13.0. The number of aromatic nitrogens is 3. The monoisotopic (exact) mass is 465 g/mol. The Bertz CT molecular complexity index is 1420. The molecule has 1 amide bonds. The van der Waals surface area contributed by atoms with Gasteiger partial charge in [0.15, 0.2) is 6.61 Å². The van der Waals surface area contributed by atoms with Gasteiger partial charge in [-0.1, -0.05) is 47.7 Å². The molecule has 9 nitrogen and oxygen atoms in total. The van der Waals surface area contributed by atoms with Crippen LogP contribution in [0.5, 0.6) is 0 Å². The second kappa shape index (κ2) is 8.80. The molecule has 3 aromatic carbocycles. The van der Waals surface area contributed by atoms with Crippen LogP contribution in [-0.4, -0.2) is 53.5 Å². The van der Waals surface area contributed by atoms with Gasteiger partial charge in [-0.3, -0.25) is 4.79 Å². The van der Waals surface area contributed by atoms with Crippen LogP contribution < -0.4 is 10.2 Å². The fourth-order valence-electron chi connectivity index (χ4n) is 4.03. The van der Waals surface area contributed by atoms with Crippen molar-refractivity contribution in [3.8, 4) is 0 Å². The summed E-state index contributed by atoms with van der Waals surface area (Å²) in [6.45, 7) is 0.718. The molecule has 1 aliphatic heterocycles. The van der Waals surface area contributed by atoms with Crippen LogP contribution in [-0.2, 0) is 14.8 Å². The molecule has 0 radical (unpaired) electrons. The van der Waals surface area contributed by atoms with Gasteiger partial charge in [0, 0.05) is 24.2 Å². The van der Waals surface area contributed by atoms with Gasteiger partial charge in [-0.2, -0.15) is 4.31 Å². The number of hydrogen-bond acceptors (Lipinski definition) is 6. The summed E-state index contributed by atoms with van der Waals surface area (Å²) in [4.78, 5) is 19.3. The number of nitrogens with zero attached hydrogens (tertiary/aromatic N) is 4. The van der Waals surface area contributed by atoms with E-state index in [0.29, 0.717) is 29.8 Å². The van der Waals surface area contributed by atoms with E-state index in [2.05, 4.69) is 15.6 Å². The Hall–Kier alpha value is -3.50. The molecule has 10 heteroatoms. The zero-order valence-electron chi connectivity index (χ0n) is 17.8. The summed E-state index contributed by atoms with van der Waals surface area (Å²) in [7, 11) is -3.61. The number of rotatable bonds is 6. The normalized spacial score (nSPS) is 15.0. The van der Waals surface area contributed by atoms with Gasteiger partial charge in [0.25, 0.3) is 5.91 Å². The Morgan fingerprint density at radius 3 is 2.64 bits per heavy atom. The second-order valence-corrected chi connectivity index (χ2v) is 9.86. The van der Waals surface area contributed by atoms with Crippen LogP contribution in [0.4, 0.5) is 5.69 Å². The lowest BCUT2D eigenvalue weighted by Crippen LogP contribution is -2.35. The summed E-state index contributed by atoms with van der Waals surface area (Å²) in [5.74, 6) is -0.368. The lowest BCUT2D eigenvalue weighted by molar-refractivity contribution is -0.121. The van der Waals surface area contributed by atoms with E-state index in [1.165, 1.54) is 16.4 Å². The number of carbonyl (C=O) groups is 1. The molecule has 0 aliphatic carbocycles. The molecule has 0 unspecified atom stereocenters. The van der Waals surface area contributed by atoms with Gasteiger partial charge in [-0.05, 0) is 47.7 Å². The Kier molecular flexibility index (Phi) is 5.69. The molecular weight excluding hydrogens is 442 g/mol. The first-order chi connectivity index (χ1) is 16.0. The van der Waals surface area contributed by atoms with Crippen LogP contribution in [0.25, 0.3) is 21.8 Å². The molecule has 170 valence electrons. The molecule has 1 N–H and O–H groups in total. The molecule has 1 fully saturated rings. The topological polar surface area (TPSA) is 106 Å². The van der Waals surface area contributed by atoms with Gasteiger partial charge in [-0.25, -0.2) is 8.42 Å². The van der Waals surface area contributed by atoms with Crippen LogP contribution in [0.2, 0.25) is 0 Å². The SMILES string of the molecule is O=C(COn1nnc2ccc(S(=O)(=O)N3CCCCC3)cc21)Nc1cccc2ccccc12. The van der Waals surface area contributed by atoms with E-state index in [1.54, 1.807) is 6.07 Å². The third-order valence-corrected chi connectivity index (χ3v) is 7.62. The van der Waals surface area contributed by atoms with Crippen molar-refractivity contribution in [3.63, 3.8) is 0 Å². The highest BCUT2D eigenvalue weighted by Gasteiger charge is 2.26. The van der Waals surface area contributed by atoms with E-state index in [4.69, 9.17) is 4.84 Å². The average Bonchev–Trinajstić information content (AvgIpc) is 3.26. The zero-order chi connectivity index (χ0) is 22.8. The van der Waals surface area contributed by atoms with Gasteiger partial charge < -0.3 is 10.2 Å². The lowest BCUT2D eigenvalue weighted by Gasteiger charge is -2.25. The van der Waals surface area contributed by atoms with Gasteiger partial charge in [0.05, 0.1) is 4.90 Å². The van der Waals surface area contributed by atoms with Crippen molar-refractivity contribution in [1.82, 2.24) is 19.5 Å². The Morgan fingerprint density at radius 1 is 1.00 bits per heavy atom. The molecule has 1 aromatic heterocycles. The van der Waals surface area contributed by atoms with Gasteiger partial charge in [-0.15, -0.1) is 5.10 Å². The van der Waals surface area contributed by atoms with E-state index in [0.717, 1.165) is 34.9 Å². The minimum atomic E-state index is -3.61. The summed E-state index contributed by atoms with van der Waals surface area (Å²) < 4.78 is 27.5. The second-order valence-electron chi connectivity index (χ2n) is 7.93. The molecular formula is C23H23N5O4S. The molecule has 4 aromatic rings. The summed E-state index contributed by atoms with van der Waals surface area (Å²) in [5.41, 5.74) is 1.54. The predicted molar refractivity (Wildman–Crippen MR) is 124 cm³/mol. The Morgan fingerprint density at radius 2 is 1.79 bits per heavy atom. The van der Waals surface area contributed by atoms with E-state index < -0.39 is 10.0 Å². The minimum absolute atomic E-state index is 0.157.